The van der Waals surface area contributed by atoms with E-state index in [1.807, 2.05) is 26.8 Å². The second kappa shape index (κ2) is 5.95. The molecule has 1 aromatic rings. The Morgan fingerprint density at radius 3 is 2.74 bits per heavy atom. The minimum Gasteiger partial charge on any atom is -0.339 e. The molecule has 0 spiro atoms. The van der Waals surface area contributed by atoms with Gasteiger partial charge in [0.05, 0.1) is 11.6 Å². The van der Waals surface area contributed by atoms with Crippen molar-refractivity contribution < 1.29 is 14.0 Å². The zero-order valence-electron chi connectivity index (χ0n) is 13.9. The van der Waals surface area contributed by atoms with Crippen LogP contribution >= 0.6 is 0 Å². The van der Waals surface area contributed by atoms with Gasteiger partial charge in [0, 0.05) is 25.6 Å². The Labute approximate surface area is 136 Å². The number of hydrogen-bond donors (Lipinski definition) is 0. The summed E-state index contributed by atoms with van der Waals surface area (Å²) in [5.41, 5.74) is 2.19. The van der Waals surface area contributed by atoms with Gasteiger partial charge in [-0.25, -0.2) is 4.39 Å². The Morgan fingerprint density at radius 2 is 2.09 bits per heavy atom. The molecule has 23 heavy (non-hydrogen) atoms. The maximum absolute atomic E-state index is 14.4. The summed E-state index contributed by atoms with van der Waals surface area (Å²) in [5, 5.41) is 0. The first kappa shape index (κ1) is 16.0. The van der Waals surface area contributed by atoms with Crippen LogP contribution in [-0.2, 0) is 16.0 Å². The Kier molecular flexibility index (Phi) is 4.13. The molecule has 1 saturated heterocycles. The smallest absolute Gasteiger partial charge is 0.232 e. The maximum Gasteiger partial charge on any atom is 0.232 e. The zero-order chi connectivity index (χ0) is 16.7. The van der Waals surface area contributed by atoms with Crippen LogP contribution in [0, 0.1) is 18.7 Å². The lowest BCUT2D eigenvalue weighted by molar-refractivity contribution is -0.129. The molecule has 2 heterocycles. The topological polar surface area (TPSA) is 40.6 Å². The van der Waals surface area contributed by atoms with Crippen LogP contribution in [0.25, 0.3) is 0 Å². The standard InChI is InChI=1S/C18H23FN2O2/c1-11(2)21-10-14(9-16(21)22)18(23)20-6-4-5-13-7-12(3)8-15(19)17(13)20/h7-8,11,14H,4-6,9-10H2,1-3H3. The molecule has 4 nitrogen and oxygen atoms in total. The van der Waals surface area contributed by atoms with Crippen LogP contribution in [0.5, 0.6) is 0 Å². The van der Waals surface area contributed by atoms with Gasteiger partial charge in [0.1, 0.15) is 5.82 Å². The monoisotopic (exact) mass is 318 g/mol. The van der Waals surface area contributed by atoms with Gasteiger partial charge in [-0.2, -0.15) is 0 Å². The summed E-state index contributed by atoms with van der Waals surface area (Å²) in [5.74, 6) is -0.806. The largest absolute Gasteiger partial charge is 0.339 e. The van der Waals surface area contributed by atoms with E-state index in [9.17, 15) is 14.0 Å². The highest BCUT2D eigenvalue weighted by molar-refractivity contribution is 6.00. The van der Waals surface area contributed by atoms with Gasteiger partial charge in [-0.1, -0.05) is 6.07 Å². The van der Waals surface area contributed by atoms with Gasteiger partial charge in [-0.3, -0.25) is 9.59 Å². The van der Waals surface area contributed by atoms with E-state index >= 15 is 0 Å². The average molecular weight is 318 g/mol. The van der Waals surface area contributed by atoms with Crippen LogP contribution in [0.4, 0.5) is 10.1 Å². The molecule has 0 bridgehead atoms. The maximum atomic E-state index is 14.4. The van der Waals surface area contributed by atoms with E-state index in [2.05, 4.69) is 0 Å². The highest BCUT2D eigenvalue weighted by atomic mass is 19.1. The van der Waals surface area contributed by atoms with Crippen molar-refractivity contribution in [3.8, 4) is 0 Å². The molecule has 0 N–H and O–H groups in total. The lowest BCUT2D eigenvalue weighted by Gasteiger charge is -2.32. The summed E-state index contributed by atoms with van der Waals surface area (Å²) >= 11 is 0. The van der Waals surface area contributed by atoms with Gasteiger partial charge in [-0.15, -0.1) is 0 Å². The number of halogens is 1. The SMILES string of the molecule is Cc1cc(F)c2c(c1)CCCN2C(=O)C1CC(=O)N(C(C)C)C1. The average Bonchev–Trinajstić information content (AvgIpc) is 2.87. The van der Waals surface area contributed by atoms with Crippen molar-refractivity contribution in [2.75, 3.05) is 18.0 Å². The Morgan fingerprint density at radius 1 is 1.35 bits per heavy atom. The van der Waals surface area contributed by atoms with Crippen molar-refractivity contribution in [3.63, 3.8) is 0 Å². The summed E-state index contributed by atoms with van der Waals surface area (Å²) in [6.07, 6.45) is 1.85. The number of likely N-dealkylation sites (tertiary alicyclic amines) is 1. The van der Waals surface area contributed by atoms with Crippen molar-refractivity contribution in [2.45, 2.75) is 46.1 Å². The molecule has 1 unspecified atom stereocenters. The third kappa shape index (κ3) is 2.84. The fourth-order valence-corrected chi connectivity index (χ4v) is 3.68. The molecular weight excluding hydrogens is 295 g/mol. The van der Waals surface area contributed by atoms with E-state index in [4.69, 9.17) is 0 Å². The molecule has 0 saturated carbocycles. The van der Waals surface area contributed by atoms with Gasteiger partial charge < -0.3 is 9.80 Å². The van der Waals surface area contributed by atoms with Crippen LogP contribution in [0.1, 0.15) is 37.8 Å². The molecule has 3 rings (SSSR count). The van der Waals surface area contributed by atoms with Gasteiger partial charge in [0.25, 0.3) is 0 Å². The van der Waals surface area contributed by atoms with Gasteiger partial charge in [0.2, 0.25) is 11.8 Å². The number of hydrogen-bond acceptors (Lipinski definition) is 2. The van der Waals surface area contributed by atoms with Crippen LogP contribution in [0.3, 0.4) is 0 Å². The van der Waals surface area contributed by atoms with Gasteiger partial charge in [0.15, 0.2) is 0 Å². The number of rotatable bonds is 2. The summed E-state index contributed by atoms with van der Waals surface area (Å²) < 4.78 is 14.4. The van der Waals surface area contributed by atoms with E-state index in [-0.39, 0.29) is 36.0 Å². The number of anilines is 1. The molecule has 2 amide bonds. The minimum atomic E-state index is -0.364. The van der Waals surface area contributed by atoms with Gasteiger partial charge >= 0.3 is 0 Å². The van der Waals surface area contributed by atoms with Crippen molar-refractivity contribution in [2.24, 2.45) is 5.92 Å². The van der Waals surface area contributed by atoms with Crippen molar-refractivity contribution in [1.29, 1.82) is 0 Å². The van der Waals surface area contributed by atoms with E-state index in [1.54, 1.807) is 9.80 Å². The summed E-state index contributed by atoms with van der Waals surface area (Å²) in [6, 6.07) is 3.52. The molecule has 1 fully saturated rings. The molecular formula is C18H23FN2O2. The number of carbonyl (C=O) groups is 2. The predicted molar refractivity (Wildman–Crippen MR) is 86.8 cm³/mol. The molecule has 2 aliphatic heterocycles. The Balaban J connectivity index is 1.87. The first-order valence-electron chi connectivity index (χ1n) is 8.28. The second-order valence-electron chi connectivity index (χ2n) is 6.89. The number of carbonyl (C=O) groups excluding carboxylic acids is 2. The molecule has 0 radical (unpaired) electrons. The number of nitrogens with zero attached hydrogens (tertiary/aromatic N) is 2. The molecule has 5 heteroatoms. The number of benzene rings is 1. The summed E-state index contributed by atoms with van der Waals surface area (Å²) in [4.78, 5) is 28.2. The molecule has 0 aromatic heterocycles. The van der Waals surface area contributed by atoms with Crippen LogP contribution < -0.4 is 4.90 Å². The fourth-order valence-electron chi connectivity index (χ4n) is 3.68. The van der Waals surface area contributed by atoms with E-state index in [1.165, 1.54) is 6.07 Å². The number of fused-ring (bicyclic) bond motifs is 1. The summed E-state index contributed by atoms with van der Waals surface area (Å²) in [6.45, 7) is 6.72. The zero-order valence-corrected chi connectivity index (χ0v) is 13.9. The minimum absolute atomic E-state index is 0.0139. The normalized spacial score (nSPS) is 21.1. The Hall–Kier alpha value is -1.91. The highest BCUT2D eigenvalue weighted by Gasteiger charge is 2.39. The molecule has 2 aliphatic rings. The first-order chi connectivity index (χ1) is 10.9. The predicted octanol–water partition coefficient (Wildman–Crippen LogP) is 2.67. The molecule has 0 aliphatic carbocycles. The lowest BCUT2D eigenvalue weighted by Crippen LogP contribution is -2.41. The number of aryl methyl sites for hydroxylation is 2. The van der Waals surface area contributed by atoms with E-state index < -0.39 is 0 Å². The second-order valence-corrected chi connectivity index (χ2v) is 6.89. The van der Waals surface area contributed by atoms with Crippen LogP contribution in [0.2, 0.25) is 0 Å². The first-order valence-corrected chi connectivity index (χ1v) is 8.28. The van der Waals surface area contributed by atoms with E-state index in [0.717, 1.165) is 24.0 Å². The van der Waals surface area contributed by atoms with Crippen LogP contribution in [-0.4, -0.2) is 35.8 Å². The molecule has 1 atom stereocenters. The fraction of sp³-hybridized carbons (Fsp3) is 0.556. The van der Waals surface area contributed by atoms with Crippen molar-refractivity contribution in [1.82, 2.24) is 4.90 Å². The summed E-state index contributed by atoms with van der Waals surface area (Å²) in [7, 11) is 0. The van der Waals surface area contributed by atoms with E-state index in [0.29, 0.717) is 18.8 Å². The third-order valence-corrected chi connectivity index (χ3v) is 4.78. The molecule has 124 valence electrons. The lowest BCUT2D eigenvalue weighted by atomic mass is 9.97. The van der Waals surface area contributed by atoms with Crippen molar-refractivity contribution in [3.05, 3.63) is 29.1 Å². The Bertz CT molecular complexity index is 657. The highest BCUT2D eigenvalue weighted by Crippen LogP contribution is 2.33. The molecule has 1 aromatic carbocycles. The van der Waals surface area contributed by atoms with Gasteiger partial charge in [-0.05, 0) is 50.8 Å². The third-order valence-electron chi connectivity index (χ3n) is 4.78. The number of amides is 2. The van der Waals surface area contributed by atoms with Crippen molar-refractivity contribution >= 4 is 17.5 Å². The quantitative estimate of drug-likeness (QED) is 0.841. The van der Waals surface area contributed by atoms with Crippen LogP contribution in [0.15, 0.2) is 12.1 Å².